The summed E-state index contributed by atoms with van der Waals surface area (Å²) in [4.78, 5) is 29.4. The number of rotatable bonds is 21. The van der Waals surface area contributed by atoms with E-state index < -0.39 is 78.1 Å². The van der Waals surface area contributed by atoms with E-state index in [1.54, 1.807) is 34.8 Å². The molecular weight excluding hydrogens is 684 g/mol. The van der Waals surface area contributed by atoms with E-state index in [1.807, 2.05) is 48.7 Å². The third-order valence-electron chi connectivity index (χ3n) is 11.8. The molecule has 0 bridgehead atoms. The van der Waals surface area contributed by atoms with Crippen molar-refractivity contribution < 1.29 is 53.0 Å². The number of ketones is 1. The molecule has 2 aliphatic heterocycles. The Labute approximate surface area is 320 Å². The Kier molecular flexibility index (Phi) is 18.8. The van der Waals surface area contributed by atoms with Gasteiger partial charge in [0.2, 0.25) is 0 Å². The lowest BCUT2D eigenvalue weighted by atomic mass is 9.83. The molecule has 13 nitrogen and oxygen atoms in total. The van der Waals surface area contributed by atoms with Gasteiger partial charge in [-0.25, -0.2) is 0 Å². The first kappa shape index (κ1) is 47.9. The number of ether oxygens (including phenoxy) is 7. The van der Waals surface area contributed by atoms with Crippen LogP contribution in [-0.2, 0) is 42.7 Å². The topological polar surface area (TPSA) is 154 Å². The molecule has 0 aromatic carbocycles. The third kappa shape index (κ3) is 12.1. The van der Waals surface area contributed by atoms with E-state index in [2.05, 4.69) is 24.1 Å². The van der Waals surface area contributed by atoms with Gasteiger partial charge < -0.3 is 53.6 Å². The van der Waals surface area contributed by atoms with Crippen LogP contribution in [0.25, 0.3) is 0 Å². The maximum atomic E-state index is 14.2. The maximum Gasteiger partial charge on any atom is 0.311 e. The summed E-state index contributed by atoms with van der Waals surface area (Å²) in [5.74, 6) is -1.77. The Morgan fingerprint density at radius 2 is 1.66 bits per heavy atom. The number of carbonyl (C=O) groups is 2. The van der Waals surface area contributed by atoms with Crippen molar-refractivity contribution >= 4 is 11.8 Å². The number of aliphatic hydroxyl groups is 2. The first-order valence-corrected chi connectivity index (χ1v) is 19.8. The lowest BCUT2D eigenvalue weighted by Gasteiger charge is -2.46. The number of Topliss-reactive ketones (excluding diaryl/α,β-unsaturated/α-hetero) is 1. The van der Waals surface area contributed by atoms with Crippen molar-refractivity contribution in [3.8, 4) is 0 Å². The lowest BCUT2D eigenvalue weighted by molar-refractivity contribution is -0.295. The van der Waals surface area contributed by atoms with Crippen LogP contribution in [0.1, 0.15) is 109 Å². The van der Waals surface area contributed by atoms with Gasteiger partial charge in [-0.1, -0.05) is 48.0 Å². The van der Waals surface area contributed by atoms with Gasteiger partial charge in [0.15, 0.2) is 18.4 Å². The first-order valence-electron chi connectivity index (χ1n) is 19.8. The van der Waals surface area contributed by atoms with Crippen molar-refractivity contribution in [2.24, 2.45) is 23.7 Å². The minimum Gasteiger partial charge on any atom is -0.459 e. The summed E-state index contributed by atoms with van der Waals surface area (Å²) in [6.45, 7) is 23.2. The molecule has 2 heterocycles. The molecule has 16 atom stereocenters. The summed E-state index contributed by atoms with van der Waals surface area (Å²) in [7, 11) is 7.17. The number of methoxy groups -OCH3 is 2. The SMILES string of the molecule is CCC(C)CNC(C)C(O)C(C)(O)[C@H](CC)OC(=O)C(C)C(OC1CC(C)(OC)C(=O)C(C)O1)C(C)C(OC1OC(C)CC(N(C)C)C1OC)C(C)C. The number of hydrogen-bond donors (Lipinski definition) is 3. The molecule has 0 amide bonds. The largest absolute Gasteiger partial charge is 0.459 e. The first-order chi connectivity index (χ1) is 24.6. The average Bonchev–Trinajstić information content (AvgIpc) is 3.10. The molecule has 2 saturated heterocycles. The number of hydrogen-bond acceptors (Lipinski definition) is 13. The van der Waals surface area contributed by atoms with E-state index in [0.717, 1.165) is 12.8 Å². The van der Waals surface area contributed by atoms with Crippen LogP contribution >= 0.6 is 0 Å². The highest BCUT2D eigenvalue weighted by molar-refractivity contribution is 5.91. The zero-order valence-electron chi connectivity index (χ0n) is 35.7. The minimum absolute atomic E-state index is 0.0452. The van der Waals surface area contributed by atoms with Gasteiger partial charge in [0, 0.05) is 38.6 Å². The van der Waals surface area contributed by atoms with Gasteiger partial charge in [-0.05, 0) is 86.9 Å². The number of nitrogens with zero attached hydrogens (tertiary/aromatic N) is 1. The van der Waals surface area contributed by atoms with E-state index in [1.165, 1.54) is 14.0 Å². The predicted molar refractivity (Wildman–Crippen MR) is 203 cm³/mol. The normalized spacial score (nSPS) is 32.7. The average molecular weight is 761 g/mol. The van der Waals surface area contributed by atoms with Crippen molar-refractivity contribution in [3.63, 3.8) is 0 Å². The van der Waals surface area contributed by atoms with E-state index in [9.17, 15) is 19.8 Å². The molecular formula is C40H76N2O11. The summed E-state index contributed by atoms with van der Waals surface area (Å²) in [6.07, 6.45) is -4.23. The second-order valence-electron chi connectivity index (χ2n) is 16.8. The molecule has 0 radical (unpaired) electrons. The number of aliphatic hydroxyl groups excluding tert-OH is 1. The quantitative estimate of drug-likeness (QED) is 0.142. The van der Waals surface area contributed by atoms with E-state index in [4.69, 9.17) is 33.2 Å². The highest BCUT2D eigenvalue weighted by Gasteiger charge is 2.50. The van der Waals surface area contributed by atoms with Gasteiger partial charge in [0.05, 0.1) is 24.2 Å². The molecule has 2 fully saturated rings. The van der Waals surface area contributed by atoms with Crippen LogP contribution in [0.2, 0.25) is 0 Å². The lowest BCUT2D eigenvalue weighted by Crippen LogP contribution is -2.59. The molecule has 0 spiro atoms. The van der Waals surface area contributed by atoms with Crippen molar-refractivity contribution in [2.75, 3.05) is 34.9 Å². The van der Waals surface area contributed by atoms with Crippen molar-refractivity contribution in [3.05, 3.63) is 0 Å². The van der Waals surface area contributed by atoms with Gasteiger partial charge in [-0.2, -0.15) is 0 Å². The second-order valence-corrected chi connectivity index (χ2v) is 16.8. The highest BCUT2D eigenvalue weighted by atomic mass is 16.7. The summed E-state index contributed by atoms with van der Waals surface area (Å²) < 4.78 is 43.7. The Balaban J connectivity index is 2.47. The Hall–Kier alpha value is -1.26. The van der Waals surface area contributed by atoms with E-state index in [-0.39, 0.29) is 42.8 Å². The van der Waals surface area contributed by atoms with Crippen LogP contribution in [-0.4, -0.2) is 140 Å². The number of carbonyl (C=O) groups excluding carboxylic acids is 2. The molecule has 0 aliphatic carbocycles. The maximum absolute atomic E-state index is 14.2. The van der Waals surface area contributed by atoms with Gasteiger partial charge in [0.25, 0.3) is 0 Å². The molecule has 312 valence electrons. The standard InChI is InChI=1S/C40H76N2O11/c1-17-23(5)21-41-27(9)35(43)40(12,46)30(18-2)51-37(45)26(8)33(52-31-20-39(11,48-16)36(44)28(10)50-31)25(7)32(22(3)4)53-38-34(47-15)29(42(13)14)19-24(6)49-38/h22-35,38,41,43,46H,17-21H2,1-16H3/t23?,24?,25?,26?,27?,28?,29?,30-,31?,32?,33?,34?,35?,38?,39?,40?/m0/s1. The van der Waals surface area contributed by atoms with Crippen molar-refractivity contribution in [1.82, 2.24) is 10.2 Å². The molecule has 2 rings (SSSR count). The van der Waals surface area contributed by atoms with Gasteiger partial charge in [-0.15, -0.1) is 0 Å². The smallest absolute Gasteiger partial charge is 0.311 e. The molecule has 53 heavy (non-hydrogen) atoms. The van der Waals surface area contributed by atoms with Crippen LogP contribution in [0.3, 0.4) is 0 Å². The van der Waals surface area contributed by atoms with Crippen molar-refractivity contribution in [2.45, 2.75) is 187 Å². The minimum atomic E-state index is -1.76. The molecule has 0 aromatic rings. The Morgan fingerprint density at radius 3 is 2.17 bits per heavy atom. The molecule has 2 aliphatic rings. The van der Waals surface area contributed by atoms with Crippen LogP contribution < -0.4 is 5.32 Å². The van der Waals surface area contributed by atoms with Crippen LogP contribution in [0.5, 0.6) is 0 Å². The number of esters is 1. The molecule has 13 heteroatoms. The summed E-state index contributed by atoms with van der Waals surface area (Å²) in [5, 5.41) is 26.3. The van der Waals surface area contributed by atoms with Gasteiger partial charge >= 0.3 is 5.97 Å². The molecule has 3 N–H and O–H groups in total. The van der Waals surface area contributed by atoms with Gasteiger partial charge in [0.1, 0.15) is 35.6 Å². The van der Waals surface area contributed by atoms with Crippen LogP contribution in [0, 0.1) is 23.7 Å². The van der Waals surface area contributed by atoms with E-state index in [0.29, 0.717) is 12.5 Å². The van der Waals surface area contributed by atoms with Crippen LogP contribution in [0.4, 0.5) is 0 Å². The monoisotopic (exact) mass is 761 g/mol. The fourth-order valence-electron chi connectivity index (χ4n) is 7.79. The fourth-order valence-corrected chi connectivity index (χ4v) is 7.79. The molecule has 0 aromatic heterocycles. The highest BCUT2D eigenvalue weighted by Crippen LogP contribution is 2.37. The second kappa shape index (κ2) is 20.8. The van der Waals surface area contributed by atoms with Crippen LogP contribution in [0.15, 0.2) is 0 Å². The molecule has 0 saturated carbocycles. The van der Waals surface area contributed by atoms with Gasteiger partial charge in [-0.3, -0.25) is 9.59 Å². The third-order valence-corrected chi connectivity index (χ3v) is 11.8. The molecule has 15 unspecified atom stereocenters. The van der Waals surface area contributed by atoms with E-state index >= 15 is 0 Å². The number of likely N-dealkylation sites (N-methyl/N-ethyl adjacent to an activating group) is 1. The number of nitrogens with one attached hydrogen (secondary N) is 1. The zero-order chi connectivity index (χ0) is 40.6. The fraction of sp³-hybridized carbons (Fsp3) is 0.950. The Bertz CT molecular complexity index is 1120. The Morgan fingerprint density at radius 1 is 1.04 bits per heavy atom. The summed E-state index contributed by atoms with van der Waals surface area (Å²) in [5.41, 5.74) is -2.90. The summed E-state index contributed by atoms with van der Waals surface area (Å²) >= 11 is 0. The predicted octanol–water partition coefficient (Wildman–Crippen LogP) is 4.33. The zero-order valence-corrected chi connectivity index (χ0v) is 35.7. The van der Waals surface area contributed by atoms with Crippen molar-refractivity contribution in [1.29, 1.82) is 0 Å². The summed E-state index contributed by atoms with van der Waals surface area (Å²) in [6, 6.07) is -0.401.